The molecule has 2 heterocycles. The monoisotopic (exact) mass is 374 g/mol. The Morgan fingerprint density at radius 2 is 2.04 bits per heavy atom. The SMILES string of the molecule is O=C(/C=C/[C@@H](CC(=O)[C@@H]1CCN1)C1CC1)Nc1nnc(C(F)(F)F)s1. The molecule has 0 radical (unpaired) electrons. The lowest BCUT2D eigenvalue weighted by Crippen LogP contribution is -2.48. The number of Topliss-reactive ketones (excluding diaryl/α,β-unsaturated/α-hetero) is 1. The number of carbonyl (C=O) groups is 2. The molecule has 1 saturated carbocycles. The number of alkyl halides is 3. The molecule has 2 aliphatic rings. The molecule has 1 saturated heterocycles. The van der Waals surface area contributed by atoms with Crippen LogP contribution < -0.4 is 10.6 Å². The van der Waals surface area contributed by atoms with Crippen molar-refractivity contribution in [1.82, 2.24) is 15.5 Å². The number of hydrogen-bond acceptors (Lipinski definition) is 6. The molecule has 136 valence electrons. The molecule has 1 aliphatic heterocycles. The van der Waals surface area contributed by atoms with Crippen LogP contribution in [-0.4, -0.2) is 34.5 Å². The Labute approximate surface area is 145 Å². The van der Waals surface area contributed by atoms with Crippen molar-refractivity contribution in [2.24, 2.45) is 11.8 Å². The molecule has 2 fully saturated rings. The predicted octanol–water partition coefficient (Wildman–Crippen LogP) is 2.40. The van der Waals surface area contributed by atoms with Crippen molar-refractivity contribution < 1.29 is 22.8 Å². The zero-order valence-corrected chi connectivity index (χ0v) is 14.0. The van der Waals surface area contributed by atoms with Crippen molar-refractivity contribution in [3.63, 3.8) is 0 Å². The molecule has 1 aromatic rings. The number of nitrogens with zero attached hydrogens (tertiary/aromatic N) is 2. The first-order valence-electron chi connectivity index (χ1n) is 7.99. The molecule has 3 rings (SSSR count). The molecule has 0 spiro atoms. The van der Waals surface area contributed by atoms with Crippen molar-refractivity contribution in [1.29, 1.82) is 0 Å². The number of rotatable bonds is 7. The van der Waals surface area contributed by atoms with Crippen LogP contribution in [0.3, 0.4) is 0 Å². The summed E-state index contributed by atoms with van der Waals surface area (Å²) >= 11 is 0.271. The maximum absolute atomic E-state index is 12.5. The summed E-state index contributed by atoms with van der Waals surface area (Å²) in [7, 11) is 0. The fraction of sp³-hybridized carbons (Fsp3) is 0.600. The first-order chi connectivity index (χ1) is 11.8. The average Bonchev–Trinajstić information content (AvgIpc) is 3.19. The van der Waals surface area contributed by atoms with E-state index in [0.29, 0.717) is 12.3 Å². The summed E-state index contributed by atoms with van der Waals surface area (Å²) in [5, 5.41) is 10.3. The number of halogens is 3. The summed E-state index contributed by atoms with van der Waals surface area (Å²) in [5.74, 6) is -0.0517. The van der Waals surface area contributed by atoms with Crippen LogP contribution in [0.5, 0.6) is 0 Å². The minimum absolute atomic E-state index is 0.0131. The van der Waals surface area contributed by atoms with E-state index in [1.54, 1.807) is 6.08 Å². The fourth-order valence-electron chi connectivity index (χ4n) is 2.60. The Kier molecular flexibility index (Phi) is 5.19. The molecule has 2 atom stereocenters. The highest BCUT2D eigenvalue weighted by atomic mass is 32.1. The van der Waals surface area contributed by atoms with E-state index in [4.69, 9.17) is 0 Å². The van der Waals surface area contributed by atoms with E-state index in [0.717, 1.165) is 25.8 Å². The molecule has 0 bridgehead atoms. The number of aromatic nitrogens is 2. The Bertz CT molecular complexity index is 681. The lowest BCUT2D eigenvalue weighted by Gasteiger charge is -2.27. The standard InChI is InChI=1S/C15H17F3N4O2S/c16-15(17,18)13-21-22-14(25-13)20-12(24)4-3-9(8-1-2-8)7-11(23)10-5-6-19-10/h3-4,8-10,19H,1-2,5-7H2,(H,20,22,24)/b4-3+/t9-,10-/m0/s1. The number of ketones is 1. The lowest BCUT2D eigenvalue weighted by molar-refractivity contribution is -0.138. The van der Waals surface area contributed by atoms with Gasteiger partial charge in [0.1, 0.15) is 5.78 Å². The van der Waals surface area contributed by atoms with E-state index in [1.165, 1.54) is 6.08 Å². The van der Waals surface area contributed by atoms with Crippen LogP contribution in [0.25, 0.3) is 0 Å². The van der Waals surface area contributed by atoms with Gasteiger partial charge in [0.05, 0.1) is 6.04 Å². The van der Waals surface area contributed by atoms with Gasteiger partial charge in [-0.15, -0.1) is 10.2 Å². The second-order valence-electron chi connectivity index (χ2n) is 6.23. The summed E-state index contributed by atoms with van der Waals surface area (Å²) in [5.41, 5.74) is 0. The average molecular weight is 374 g/mol. The maximum Gasteiger partial charge on any atom is 0.445 e. The van der Waals surface area contributed by atoms with Crippen molar-refractivity contribution in [3.8, 4) is 0 Å². The van der Waals surface area contributed by atoms with E-state index in [1.807, 2.05) is 0 Å². The van der Waals surface area contributed by atoms with E-state index < -0.39 is 17.1 Å². The van der Waals surface area contributed by atoms with Gasteiger partial charge >= 0.3 is 6.18 Å². The molecule has 2 N–H and O–H groups in total. The van der Waals surface area contributed by atoms with Crippen LogP contribution in [0.15, 0.2) is 12.2 Å². The van der Waals surface area contributed by atoms with Gasteiger partial charge < -0.3 is 5.32 Å². The van der Waals surface area contributed by atoms with Gasteiger partial charge in [-0.1, -0.05) is 17.4 Å². The third-order valence-electron chi connectivity index (χ3n) is 4.27. The van der Waals surface area contributed by atoms with Gasteiger partial charge in [-0.2, -0.15) is 13.2 Å². The third kappa shape index (κ3) is 4.85. The number of allylic oxidation sites excluding steroid dienone is 1. The molecule has 6 nitrogen and oxygen atoms in total. The van der Waals surface area contributed by atoms with E-state index in [-0.39, 0.29) is 34.2 Å². The number of hydrogen-bond donors (Lipinski definition) is 2. The second-order valence-corrected chi connectivity index (χ2v) is 7.20. The van der Waals surface area contributed by atoms with Gasteiger partial charge in [-0.3, -0.25) is 14.9 Å². The van der Waals surface area contributed by atoms with Gasteiger partial charge in [-0.25, -0.2) is 0 Å². The number of amides is 1. The van der Waals surface area contributed by atoms with Crippen molar-refractivity contribution in [2.45, 2.75) is 37.9 Å². The molecule has 1 aromatic heterocycles. The van der Waals surface area contributed by atoms with E-state index in [2.05, 4.69) is 20.8 Å². The van der Waals surface area contributed by atoms with Gasteiger partial charge in [0.25, 0.3) is 0 Å². The topological polar surface area (TPSA) is 84.0 Å². The normalized spacial score (nSPS) is 21.8. The van der Waals surface area contributed by atoms with Crippen LogP contribution >= 0.6 is 11.3 Å². The Morgan fingerprint density at radius 1 is 1.32 bits per heavy atom. The Hall–Kier alpha value is -1.81. The van der Waals surface area contributed by atoms with Gasteiger partial charge in [0.15, 0.2) is 0 Å². The minimum atomic E-state index is -4.58. The summed E-state index contributed by atoms with van der Waals surface area (Å²) < 4.78 is 37.4. The second kappa shape index (κ2) is 7.20. The fourth-order valence-corrected chi connectivity index (χ4v) is 3.21. The maximum atomic E-state index is 12.5. The predicted molar refractivity (Wildman–Crippen MR) is 84.9 cm³/mol. The largest absolute Gasteiger partial charge is 0.445 e. The van der Waals surface area contributed by atoms with Gasteiger partial charge in [0.2, 0.25) is 16.0 Å². The number of anilines is 1. The van der Waals surface area contributed by atoms with Crippen molar-refractivity contribution in [3.05, 3.63) is 17.2 Å². The van der Waals surface area contributed by atoms with Crippen molar-refractivity contribution in [2.75, 3.05) is 11.9 Å². The lowest BCUT2D eigenvalue weighted by atomic mass is 9.90. The molecule has 1 aliphatic carbocycles. The minimum Gasteiger partial charge on any atom is -0.307 e. The molecule has 0 aromatic carbocycles. The van der Waals surface area contributed by atoms with Crippen LogP contribution in [0.4, 0.5) is 18.3 Å². The Balaban J connectivity index is 1.54. The Morgan fingerprint density at radius 3 is 2.56 bits per heavy atom. The highest BCUT2D eigenvalue weighted by Crippen LogP contribution is 2.40. The first-order valence-corrected chi connectivity index (χ1v) is 8.80. The molecule has 25 heavy (non-hydrogen) atoms. The molecule has 10 heteroatoms. The summed E-state index contributed by atoms with van der Waals surface area (Å²) in [6.07, 6.45) is 1.63. The van der Waals surface area contributed by atoms with Gasteiger partial charge in [0, 0.05) is 6.42 Å². The smallest absolute Gasteiger partial charge is 0.307 e. The van der Waals surface area contributed by atoms with E-state index >= 15 is 0 Å². The molecular weight excluding hydrogens is 357 g/mol. The third-order valence-corrected chi connectivity index (χ3v) is 5.15. The quantitative estimate of drug-likeness (QED) is 0.716. The van der Waals surface area contributed by atoms with E-state index in [9.17, 15) is 22.8 Å². The molecular formula is C15H17F3N4O2S. The number of carbonyl (C=O) groups excluding carboxylic acids is 2. The number of nitrogens with one attached hydrogen (secondary N) is 2. The van der Waals surface area contributed by atoms with Crippen LogP contribution in [-0.2, 0) is 15.8 Å². The zero-order valence-electron chi connectivity index (χ0n) is 13.2. The van der Waals surface area contributed by atoms with Gasteiger partial charge in [-0.05, 0) is 43.7 Å². The van der Waals surface area contributed by atoms with Crippen LogP contribution in [0.2, 0.25) is 0 Å². The first kappa shape index (κ1) is 18.0. The van der Waals surface area contributed by atoms with Crippen molar-refractivity contribution >= 4 is 28.2 Å². The molecule has 1 amide bonds. The summed E-state index contributed by atoms with van der Waals surface area (Å²) in [6, 6.07) is -0.0781. The van der Waals surface area contributed by atoms with Crippen LogP contribution in [0, 0.1) is 11.8 Å². The zero-order chi connectivity index (χ0) is 18.0. The molecule has 0 unspecified atom stereocenters. The highest BCUT2D eigenvalue weighted by molar-refractivity contribution is 7.15. The summed E-state index contributed by atoms with van der Waals surface area (Å²) in [4.78, 5) is 23.9. The highest BCUT2D eigenvalue weighted by Gasteiger charge is 2.36. The summed E-state index contributed by atoms with van der Waals surface area (Å²) in [6.45, 7) is 0.852. The van der Waals surface area contributed by atoms with Crippen LogP contribution in [0.1, 0.15) is 30.7 Å².